The molecule has 0 aliphatic rings. The molecule has 1 aromatic carbocycles. The van der Waals surface area contributed by atoms with Crippen LogP contribution >= 0.6 is 24.0 Å². The Labute approximate surface area is 161 Å². The Morgan fingerprint density at radius 3 is 2.40 bits per heavy atom. The van der Waals surface area contributed by atoms with E-state index in [1.54, 1.807) is 6.92 Å². The van der Waals surface area contributed by atoms with Crippen LogP contribution in [0.3, 0.4) is 0 Å². The summed E-state index contributed by atoms with van der Waals surface area (Å²) in [5.41, 5.74) is 0. The maximum absolute atomic E-state index is 13.5. The first-order chi connectivity index (χ1) is 11.2. The van der Waals surface area contributed by atoms with Gasteiger partial charge >= 0.3 is 6.18 Å². The highest BCUT2D eigenvalue weighted by Gasteiger charge is 2.26. The molecule has 0 aliphatic carbocycles. The van der Waals surface area contributed by atoms with Crippen molar-refractivity contribution in [2.24, 2.45) is 4.99 Å². The number of benzene rings is 1. The highest BCUT2D eigenvalue weighted by atomic mass is 127. The van der Waals surface area contributed by atoms with Crippen LogP contribution < -0.4 is 10.6 Å². The van der Waals surface area contributed by atoms with Gasteiger partial charge in [-0.25, -0.2) is 12.8 Å². The molecule has 0 saturated carbocycles. The quantitative estimate of drug-likeness (QED) is 0.263. The minimum absolute atomic E-state index is 0. The topological polar surface area (TPSA) is 70.6 Å². The van der Waals surface area contributed by atoms with Gasteiger partial charge in [-0.2, -0.15) is 13.2 Å². The molecule has 5 nitrogen and oxygen atoms in total. The number of aliphatic imine (C=N–C) groups is 1. The van der Waals surface area contributed by atoms with Crippen molar-refractivity contribution in [1.29, 1.82) is 0 Å². The standard InChI is InChI=1S/C14H19F4N3O2S.HI/c1-2-19-13(20-8-7-14(16,17)18)21-9-10-24(22,23)12-6-4-3-5-11(12)15;/h3-6H,2,7-10H2,1H3,(H2,19,20,21);1H. The molecule has 25 heavy (non-hydrogen) atoms. The number of guanidine groups is 1. The lowest BCUT2D eigenvalue weighted by atomic mass is 10.3. The van der Waals surface area contributed by atoms with E-state index >= 15 is 0 Å². The van der Waals surface area contributed by atoms with Crippen molar-refractivity contribution < 1.29 is 26.0 Å². The third-order valence-corrected chi connectivity index (χ3v) is 4.59. The Morgan fingerprint density at radius 2 is 1.84 bits per heavy atom. The third-order valence-electron chi connectivity index (χ3n) is 2.84. The molecular weight excluding hydrogens is 477 g/mol. The van der Waals surface area contributed by atoms with Crippen molar-refractivity contribution in [2.75, 3.05) is 25.4 Å². The van der Waals surface area contributed by atoms with E-state index in [0.717, 1.165) is 12.1 Å². The van der Waals surface area contributed by atoms with Crippen LogP contribution in [-0.2, 0) is 9.84 Å². The van der Waals surface area contributed by atoms with Crippen LogP contribution in [0.4, 0.5) is 17.6 Å². The Hall–Kier alpha value is -1.11. The number of nitrogens with one attached hydrogen (secondary N) is 2. The van der Waals surface area contributed by atoms with Crippen molar-refractivity contribution in [3.8, 4) is 0 Å². The fourth-order valence-electron chi connectivity index (χ4n) is 1.75. The van der Waals surface area contributed by atoms with Gasteiger partial charge in [-0.05, 0) is 19.1 Å². The van der Waals surface area contributed by atoms with Crippen molar-refractivity contribution >= 4 is 39.8 Å². The van der Waals surface area contributed by atoms with E-state index in [4.69, 9.17) is 0 Å². The average molecular weight is 497 g/mol. The predicted molar refractivity (Wildman–Crippen MR) is 98.5 cm³/mol. The fraction of sp³-hybridized carbons (Fsp3) is 0.500. The number of nitrogens with zero attached hydrogens (tertiary/aromatic N) is 1. The van der Waals surface area contributed by atoms with Crippen LogP contribution in [0, 0.1) is 5.82 Å². The Morgan fingerprint density at radius 1 is 1.20 bits per heavy atom. The smallest absolute Gasteiger partial charge is 0.357 e. The minimum Gasteiger partial charge on any atom is -0.357 e. The summed E-state index contributed by atoms with van der Waals surface area (Å²) in [6.07, 6.45) is -5.38. The summed E-state index contributed by atoms with van der Waals surface area (Å²) in [6.45, 7) is 1.53. The van der Waals surface area contributed by atoms with E-state index in [0.29, 0.717) is 6.54 Å². The van der Waals surface area contributed by atoms with E-state index in [1.807, 2.05) is 0 Å². The zero-order valence-corrected chi connectivity index (χ0v) is 16.6. The molecule has 0 heterocycles. The van der Waals surface area contributed by atoms with Gasteiger partial charge in [0.25, 0.3) is 0 Å². The SMILES string of the molecule is CCNC(=NCCC(F)(F)F)NCCS(=O)(=O)c1ccccc1F.I. The third kappa shape index (κ3) is 9.23. The van der Waals surface area contributed by atoms with E-state index in [-0.39, 0.29) is 36.5 Å². The maximum Gasteiger partial charge on any atom is 0.390 e. The minimum atomic E-state index is -4.31. The molecule has 0 atom stereocenters. The van der Waals surface area contributed by atoms with Crippen molar-refractivity contribution in [3.63, 3.8) is 0 Å². The normalized spacial score (nSPS) is 12.4. The summed E-state index contributed by atoms with van der Waals surface area (Å²) in [5, 5.41) is 5.33. The van der Waals surface area contributed by atoms with Gasteiger partial charge in [0.15, 0.2) is 15.8 Å². The summed E-state index contributed by atoms with van der Waals surface area (Å²) >= 11 is 0. The molecule has 0 aromatic heterocycles. The molecule has 0 fully saturated rings. The summed E-state index contributed by atoms with van der Waals surface area (Å²) in [7, 11) is -3.85. The number of halogens is 5. The monoisotopic (exact) mass is 497 g/mol. The number of rotatable bonds is 7. The van der Waals surface area contributed by atoms with Crippen LogP contribution in [0.25, 0.3) is 0 Å². The second-order valence-electron chi connectivity index (χ2n) is 4.80. The van der Waals surface area contributed by atoms with E-state index in [1.165, 1.54) is 12.1 Å². The van der Waals surface area contributed by atoms with Gasteiger partial charge in [0.1, 0.15) is 10.7 Å². The Kier molecular flexibility index (Phi) is 10.3. The fourth-order valence-corrected chi connectivity index (χ4v) is 2.99. The van der Waals surface area contributed by atoms with Crippen LogP contribution in [-0.4, -0.2) is 45.9 Å². The summed E-state index contributed by atoms with van der Waals surface area (Å²) in [6, 6.07) is 4.99. The molecule has 11 heteroatoms. The molecule has 0 bridgehead atoms. The van der Waals surface area contributed by atoms with E-state index in [9.17, 15) is 26.0 Å². The number of hydrogen-bond donors (Lipinski definition) is 2. The molecule has 0 unspecified atom stereocenters. The molecule has 2 N–H and O–H groups in total. The lowest BCUT2D eigenvalue weighted by Gasteiger charge is -2.12. The lowest BCUT2D eigenvalue weighted by molar-refractivity contribution is -0.132. The van der Waals surface area contributed by atoms with Crippen molar-refractivity contribution in [2.45, 2.75) is 24.4 Å². The maximum atomic E-state index is 13.5. The molecule has 0 saturated heterocycles. The highest BCUT2D eigenvalue weighted by Crippen LogP contribution is 2.19. The predicted octanol–water partition coefficient (Wildman–Crippen LogP) is 2.72. The largest absolute Gasteiger partial charge is 0.390 e. The summed E-state index contributed by atoms with van der Waals surface area (Å²) in [5.74, 6) is -1.19. The number of alkyl halides is 3. The van der Waals surface area contributed by atoms with Gasteiger partial charge in [-0.1, -0.05) is 12.1 Å². The van der Waals surface area contributed by atoms with Crippen LogP contribution in [0.15, 0.2) is 34.2 Å². The van der Waals surface area contributed by atoms with Gasteiger partial charge in [0.05, 0.1) is 18.7 Å². The average Bonchev–Trinajstić information content (AvgIpc) is 2.46. The Bertz CT molecular complexity index is 666. The first kappa shape index (κ1) is 23.9. The second kappa shape index (κ2) is 10.8. The molecule has 1 rings (SSSR count). The molecule has 0 spiro atoms. The van der Waals surface area contributed by atoms with Gasteiger partial charge < -0.3 is 10.6 Å². The molecule has 144 valence electrons. The van der Waals surface area contributed by atoms with E-state index in [2.05, 4.69) is 15.6 Å². The zero-order valence-electron chi connectivity index (χ0n) is 13.4. The van der Waals surface area contributed by atoms with Gasteiger partial charge in [0, 0.05) is 13.1 Å². The molecule has 0 aliphatic heterocycles. The van der Waals surface area contributed by atoms with Crippen LogP contribution in [0.1, 0.15) is 13.3 Å². The van der Waals surface area contributed by atoms with Crippen LogP contribution in [0.5, 0.6) is 0 Å². The molecular formula is C14H20F4IN3O2S. The van der Waals surface area contributed by atoms with Gasteiger partial charge in [-0.15, -0.1) is 24.0 Å². The molecule has 1 aromatic rings. The number of hydrogen-bond acceptors (Lipinski definition) is 3. The first-order valence-electron chi connectivity index (χ1n) is 7.22. The second-order valence-corrected chi connectivity index (χ2v) is 6.88. The van der Waals surface area contributed by atoms with Crippen LogP contribution in [0.2, 0.25) is 0 Å². The van der Waals surface area contributed by atoms with Crippen molar-refractivity contribution in [3.05, 3.63) is 30.1 Å². The van der Waals surface area contributed by atoms with Crippen molar-refractivity contribution in [1.82, 2.24) is 10.6 Å². The molecule has 0 amide bonds. The summed E-state index contributed by atoms with van der Waals surface area (Å²) < 4.78 is 73.9. The Balaban J connectivity index is 0.00000576. The van der Waals surface area contributed by atoms with Gasteiger partial charge in [-0.3, -0.25) is 4.99 Å². The molecule has 0 radical (unpaired) electrons. The highest BCUT2D eigenvalue weighted by molar-refractivity contribution is 14.0. The van der Waals surface area contributed by atoms with E-state index < -0.39 is 45.4 Å². The lowest BCUT2D eigenvalue weighted by Crippen LogP contribution is -2.39. The number of sulfone groups is 1. The van der Waals surface area contributed by atoms with Gasteiger partial charge in [0.2, 0.25) is 0 Å². The summed E-state index contributed by atoms with van der Waals surface area (Å²) in [4.78, 5) is 3.30. The first-order valence-corrected chi connectivity index (χ1v) is 8.87. The zero-order chi connectivity index (χ0) is 18.2.